The van der Waals surface area contributed by atoms with Crippen molar-refractivity contribution in [2.24, 2.45) is 0 Å². The second-order valence-electron chi connectivity index (χ2n) is 3.34. The summed E-state index contributed by atoms with van der Waals surface area (Å²) in [5.74, 6) is 0. The summed E-state index contributed by atoms with van der Waals surface area (Å²) >= 11 is 0. The van der Waals surface area contributed by atoms with Crippen molar-refractivity contribution < 1.29 is 0 Å². The Morgan fingerprint density at radius 2 is 1.30 bits per heavy atom. The number of hydrogen-bond donors (Lipinski definition) is 0. The molecule has 1 nitrogen and oxygen atoms in total. The van der Waals surface area contributed by atoms with Gasteiger partial charge in [-0.05, 0) is 18.4 Å². The lowest BCUT2D eigenvalue weighted by molar-refractivity contribution is 1.23. The fourth-order valence-corrected chi connectivity index (χ4v) is 0.589. The minimum absolute atomic E-state index is 1.08. The lowest BCUT2D eigenvalue weighted by Crippen LogP contribution is -1.63. The third-order valence-corrected chi connectivity index (χ3v) is 1.70. The molecule has 0 amide bonds. The molecule has 20 heavy (non-hydrogen) atoms. The molecular weight excluding hydrogens is 242 g/mol. The first-order valence-corrected chi connectivity index (χ1v) is 6.58. The number of allylic oxidation sites excluding steroid dienone is 3. The predicted octanol–water partition coefficient (Wildman–Crippen LogP) is 6.19. The summed E-state index contributed by atoms with van der Waals surface area (Å²) in [5.41, 5.74) is 1.17. The lowest BCUT2D eigenvalue weighted by Gasteiger charge is -1.85. The average Bonchev–Trinajstić information content (AvgIpc) is 2.56. The van der Waals surface area contributed by atoms with E-state index in [0.29, 0.717) is 0 Å². The Hall–Kier alpha value is -2.33. The van der Waals surface area contributed by atoms with Gasteiger partial charge in [-0.3, -0.25) is 0 Å². The summed E-state index contributed by atoms with van der Waals surface area (Å²) in [6.07, 6.45) is 8.93. The largest absolute Gasteiger partial charge is 0.193 e. The first kappa shape index (κ1) is 22.8. The summed E-state index contributed by atoms with van der Waals surface area (Å²) in [6.45, 7) is 17.8. The van der Waals surface area contributed by atoms with Gasteiger partial charge in [-0.15, -0.1) is 13.2 Å². The molecule has 0 saturated carbocycles. The normalized spacial score (nSPS) is 6.65. The Balaban J connectivity index is -0.000000209. The molecule has 0 aliphatic heterocycles. The van der Waals surface area contributed by atoms with E-state index in [0.717, 1.165) is 12.8 Å². The molecule has 108 valence electrons. The molecular formula is C19H27N. The Kier molecular flexibility index (Phi) is 29.1. The maximum atomic E-state index is 7.51. The zero-order valence-corrected chi connectivity index (χ0v) is 12.9. The number of nitrogens with zero attached hydrogens (tertiary/aromatic N) is 1. The third kappa shape index (κ3) is 29.6. The molecule has 1 aromatic carbocycles. The van der Waals surface area contributed by atoms with Crippen LogP contribution in [-0.4, -0.2) is 0 Å². The van der Waals surface area contributed by atoms with Gasteiger partial charge in [-0.1, -0.05) is 75.6 Å². The Bertz CT molecular complexity index is 361. The summed E-state index contributed by atoms with van der Waals surface area (Å²) in [4.78, 5) is 0. The molecule has 1 heteroatoms. The summed E-state index contributed by atoms with van der Waals surface area (Å²) in [7, 11) is 0. The second kappa shape index (κ2) is 25.5. The van der Waals surface area contributed by atoms with Crippen molar-refractivity contribution in [1.82, 2.24) is 0 Å². The van der Waals surface area contributed by atoms with Crippen LogP contribution in [0.25, 0.3) is 6.08 Å². The van der Waals surface area contributed by atoms with E-state index in [4.69, 9.17) is 5.26 Å². The molecule has 0 N–H and O–H groups in total. The molecule has 1 rings (SSSR count). The standard InChI is InChI=1S/C8H8.2C4H8.C3H3N/c1-2-8-6-4-3-5-7-8;2*1-3-4-2;1-2-3-4/h2-7H,1H2;2*3H,1,4H2,2H3;2H,1H2. The molecule has 0 bridgehead atoms. The van der Waals surface area contributed by atoms with Crippen molar-refractivity contribution in [3.05, 3.63) is 80.4 Å². The molecule has 0 fully saturated rings. The first-order valence-electron chi connectivity index (χ1n) is 6.58. The molecule has 0 saturated heterocycles. The zero-order valence-electron chi connectivity index (χ0n) is 12.9. The van der Waals surface area contributed by atoms with Crippen molar-refractivity contribution in [1.29, 1.82) is 5.26 Å². The number of nitriles is 1. The summed E-state index contributed by atoms with van der Waals surface area (Å²) in [6, 6.07) is 11.7. The van der Waals surface area contributed by atoms with Gasteiger partial charge < -0.3 is 0 Å². The van der Waals surface area contributed by atoms with E-state index in [-0.39, 0.29) is 0 Å². The highest BCUT2D eigenvalue weighted by Crippen LogP contribution is 1.97. The molecule has 0 aromatic heterocycles. The van der Waals surface area contributed by atoms with Crippen molar-refractivity contribution in [2.75, 3.05) is 0 Å². The highest BCUT2D eigenvalue weighted by Gasteiger charge is 1.75. The Labute approximate surface area is 125 Å². The van der Waals surface area contributed by atoms with Crippen molar-refractivity contribution >= 4 is 6.08 Å². The minimum atomic E-state index is 1.08. The molecule has 0 heterocycles. The van der Waals surface area contributed by atoms with E-state index in [9.17, 15) is 0 Å². The van der Waals surface area contributed by atoms with Gasteiger partial charge >= 0.3 is 0 Å². The van der Waals surface area contributed by atoms with E-state index in [1.807, 2.05) is 48.6 Å². The van der Waals surface area contributed by atoms with Gasteiger partial charge in [-0.2, -0.15) is 5.26 Å². The van der Waals surface area contributed by atoms with Gasteiger partial charge in [0.2, 0.25) is 0 Å². The SMILES string of the molecule is C=CC#N.C=CCC.C=CCC.C=Cc1ccccc1. The van der Waals surface area contributed by atoms with Crippen LogP contribution < -0.4 is 0 Å². The van der Waals surface area contributed by atoms with E-state index in [1.54, 1.807) is 6.07 Å². The molecule has 0 radical (unpaired) electrons. The minimum Gasteiger partial charge on any atom is -0.193 e. The zero-order chi connectivity index (χ0) is 16.1. The van der Waals surface area contributed by atoms with Crippen LogP contribution >= 0.6 is 0 Å². The summed E-state index contributed by atoms with van der Waals surface area (Å²) < 4.78 is 0. The van der Waals surface area contributed by atoms with Crippen molar-refractivity contribution in [2.45, 2.75) is 26.7 Å². The van der Waals surface area contributed by atoms with Gasteiger partial charge in [0, 0.05) is 6.08 Å². The maximum Gasteiger partial charge on any atom is 0.0905 e. The van der Waals surface area contributed by atoms with Crippen LogP contribution in [0.3, 0.4) is 0 Å². The van der Waals surface area contributed by atoms with Crippen LogP contribution in [0.5, 0.6) is 0 Å². The fourth-order valence-electron chi connectivity index (χ4n) is 0.589. The number of benzene rings is 1. The monoisotopic (exact) mass is 269 g/mol. The quantitative estimate of drug-likeness (QED) is 0.474. The van der Waals surface area contributed by atoms with E-state index in [2.05, 4.69) is 40.2 Å². The van der Waals surface area contributed by atoms with Crippen LogP contribution in [-0.2, 0) is 0 Å². The first-order chi connectivity index (χ1) is 9.67. The second-order valence-corrected chi connectivity index (χ2v) is 3.34. The maximum absolute atomic E-state index is 7.51. The van der Waals surface area contributed by atoms with E-state index in [1.165, 1.54) is 11.6 Å². The third-order valence-electron chi connectivity index (χ3n) is 1.70. The van der Waals surface area contributed by atoms with Crippen molar-refractivity contribution in [3.63, 3.8) is 0 Å². The molecule has 0 atom stereocenters. The van der Waals surface area contributed by atoms with Gasteiger partial charge in [0.25, 0.3) is 0 Å². The van der Waals surface area contributed by atoms with Gasteiger partial charge in [0.15, 0.2) is 0 Å². The van der Waals surface area contributed by atoms with Crippen LogP contribution in [0.1, 0.15) is 32.3 Å². The van der Waals surface area contributed by atoms with Crippen LogP contribution in [0.2, 0.25) is 0 Å². The highest BCUT2D eigenvalue weighted by atomic mass is 14.2. The number of rotatable bonds is 3. The van der Waals surface area contributed by atoms with E-state index < -0.39 is 0 Å². The molecule has 1 aromatic rings. The average molecular weight is 269 g/mol. The Morgan fingerprint density at radius 3 is 1.45 bits per heavy atom. The van der Waals surface area contributed by atoms with Crippen molar-refractivity contribution in [3.8, 4) is 6.07 Å². The van der Waals surface area contributed by atoms with Gasteiger partial charge in [-0.25, -0.2) is 0 Å². The summed E-state index contributed by atoms with van der Waals surface area (Å²) in [5, 5.41) is 7.51. The molecule has 0 unspecified atom stereocenters. The molecule has 0 aliphatic rings. The number of hydrogen-bond acceptors (Lipinski definition) is 1. The highest BCUT2D eigenvalue weighted by molar-refractivity contribution is 5.45. The van der Waals surface area contributed by atoms with Gasteiger partial charge in [0.1, 0.15) is 0 Å². The Morgan fingerprint density at radius 1 is 0.950 bits per heavy atom. The van der Waals surface area contributed by atoms with Crippen LogP contribution in [0.15, 0.2) is 74.9 Å². The molecule has 0 spiro atoms. The lowest BCUT2D eigenvalue weighted by atomic mass is 10.2. The van der Waals surface area contributed by atoms with Crippen LogP contribution in [0.4, 0.5) is 0 Å². The predicted molar refractivity (Wildman–Crippen MR) is 93.3 cm³/mol. The topological polar surface area (TPSA) is 23.8 Å². The smallest absolute Gasteiger partial charge is 0.0905 e. The van der Waals surface area contributed by atoms with Crippen LogP contribution in [0, 0.1) is 11.3 Å². The van der Waals surface area contributed by atoms with E-state index >= 15 is 0 Å². The molecule has 0 aliphatic carbocycles. The van der Waals surface area contributed by atoms with Gasteiger partial charge in [0.05, 0.1) is 6.07 Å². The fraction of sp³-hybridized carbons (Fsp3) is 0.211.